The van der Waals surface area contributed by atoms with Crippen molar-refractivity contribution in [3.63, 3.8) is 0 Å². The Kier molecular flexibility index (Phi) is 5.53. The summed E-state index contributed by atoms with van der Waals surface area (Å²) in [4.78, 5) is 0. The Hall–Kier alpha value is -0.960. The highest BCUT2D eigenvalue weighted by Gasteiger charge is 2.28. The van der Waals surface area contributed by atoms with E-state index in [1.54, 1.807) is 6.07 Å². The standard InChI is InChI=1S/C17H25F2N/c1-3-8-20-17(14-6-4-12(2)9-14)11-13-5-7-15(18)16(19)10-13/h5,7,10,12,14,17,20H,3-4,6,8-9,11H2,1-2H3. The van der Waals surface area contributed by atoms with E-state index in [2.05, 4.69) is 19.2 Å². The first kappa shape index (κ1) is 15.4. The van der Waals surface area contributed by atoms with Crippen molar-refractivity contribution in [1.29, 1.82) is 0 Å². The molecule has 1 N–H and O–H groups in total. The second-order valence-electron chi connectivity index (χ2n) is 6.19. The number of nitrogens with one attached hydrogen (secondary N) is 1. The molecule has 0 aromatic heterocycles. The predicted octanol–water partition coefficient (Wildman–Crippen LogP) is 4.31. The average Bonchev–Trinajstić information content (AvgIpc) is 2.85. The molecule has 3 heteroatoms. The SMILES string of the molecule is CCCNC(Cc1ccc(F)c(F)c1)C1CCC(C)C1. The highest BCUT2D eigenvalue weighted by atomic mass is 19.2. The fourth-order valence-corrected chi connectivity index (χ4v) is 3.27. The van der Waals surface area contributed by atoms with E-state index in [1.165, 1.54) is 31.4 Å². The maximum atomic E-state index is 13.3. The van der Waals surface area contributed by atoms with E-state index in [9.17, 15) is 8.78 Å². The first-order chi connectivity index (χ1) is 9.60. The lowest BCUT2D eigenvalue weighted by molar-refractivity contribution is 0.348. The Balaban J connectivity index is 2.04. The van der Waals surface area contributed by atoms with Crippen LogP contribution in [-0.2, 0) is 6.42 Å². The molecule has 1 saturated carbocycles. The molecular weight excluding hydrogens is 256 g/mol. The summed E-state index contributed by atoms with van der Waals surface area (Å²) in [5.41, 5.74) is 0.886. The van der Waals surface area contributed by atoms with Gasteiger partial charge in [-0.25, -0.2) is 8.78 Å². The fourth-order valence-electron chi connectivity index (χ4n) is 3.27. The minimum atomic E-state index is -0.763. The molecule has 0 radical (unpaired) electrons. The van der Waals surface area contributed by atoms with Gasteiger partial charge in [0.2, 0.25) is 0 Å². The van der Waals surface area contributed by atoms with Gasteiger partial charge in [0.1, 0.15) is 0 Å². The van der Waals surface area contributed by atoms with Gasteiger partial charge in [-0.1, -0.05) is 26.3 Å². The van der Waals surface area contributed by atoms with E-state index < -0.39 is 11.6 Å². The Bertz CT molecular complexity index is 433. The Morgan fingerprint density at radius 2 is 2.05 bits per heavy atom. The van der Waals surface area contributed by atoms with Crippen LogP contribution in [0.3, 0.4) is 0 Å². The van der Waals surface area contributed by atoms with Crippen molar-refractivity contribution < 1.29 is 8.78 Å². The summed E-state index contributed by atoms with van der Waals surface area (Å²) in [5.74, 6) is -0.0571. The van der Waals surface area contributed by atoms with Crippen molar-refractivity contribution in [2.24, 2.45) is 11.8 Å². The lowest BCUT2D eigenvalue weighted by Gasteiger charge is -2.25. The van der Waals surface area contributed by atoms with Crippen LogP contribution < -0.4 is 5.32 Å². The van der Waals surface area contributed by atoms with Gasteiger partial charge in [-0.2, -0.15) is 0 Å². The van der Waals surface area contributed by atoms with Crippen LogP contribution in [-0.4, -0.2) is 12.6 Å². The van der Waals surface area contributed by atoms with Crippen LogP contribution in [0.5, 0.6) is 0 Å². The zero-order chi connectivity index (χ0) is 14.5. The highest BCUT2D eigenvalue weighted by Crippen LogP contribution is 2.33. The molecule has 20 heavy (non-hydrogen) atoms. The predicted molar refractivity (Wildman–Crippen MR) is 78.6 cm³/mol. The summed E-state index contributed by atoms with van der Waals surface area (Å²) in [6.45, 7) is 5.44. The van der Waals surface area contributed by atoms with Gasteiger partial charge >= 0.3 is 0 Å². The molecule has 0 heterocycles. The lowest BCUT2D eigenvalue weighted by Crippen LogP contribution is -2.37. The maximum Gasteiger partial charge on any atom is 0.159 e. The molecule has 1 fully saturated rings. The molecule has 2 rings (SSSR count). The van der Waals surface area contributed by atoms with Gasteiger partial charge in [-0.15, -0.1) is 0 Å². The van der Waals surface area contributed by atoms with Crippen LogP contribution in [0.25, 0.3) is 0 Å². The lowest BCUT2D eigenvalue weighted by atomic mass is 9.91. The minimum absolute atomic E-state index is 0.379. The van der Waals surface area contributed by atoms with E-state index in [0.717, 1.165) is 30.9 Å². The average molecular weight is 281 g/mol. The molecule has 0 saturated heterocycles. The summed E-state index contributed by atoms with van der Waals surface area (Å²) >= 11 is 0. The molecule has 0 aliphatic heterocycles. The fraction of sp³-hybridized carbons (Fsp3) is 0.647. The smallest absolute Gasteiger partial charge is 0.159 e. The molecule has 1 aliphatic carbocycles. The summed E-state index contributed by atoms with van der Waals surface area (Å²) in [6, 6.07) is 4.66. The van der Waals surface area contributed by atoms with Crippen LogP contribution in [0.15, 0.2) is 18.2 Å². The molecular formula is C17H25F2N. The van der Waals surface area contributed by atoms with E-state index in [1.807, 2.05) is 0 Å². The first-order valence-corrected chi connectivity index (χ1v) is 7.77. The van der Waals surface area contributed by atoms with Crippen molar-refractivity contribution in [3.05, 3.63) is 35.4 Å². The topological polar surface area (TPSA) is 12.0 Å². The molecule has 0 bridgehead atoms. The number of hydrogen-bond acceptors (Lipinski definition) is 1. The van der Waals surface area contributed by atoms with Gasteiger partial charge in [-0.3, -0.25) is 0 Å². The van der Waals surface area contributed by atoms with Gasteiger partial charge in [0, 0.05) is 6.04 Å². The minimum Gasteiger partial charge on any atom is -0.313 e. The van der Waals surface area contributed by atoms with Gasteiger partial charge < -0.3 is 5.32 Å². The summed E-state index contributed by atoms with van der Waals surface area (Å²) in [7, 11) is 0. The van der Waals surface area contributed by atoms with Gasteiger partial charge in [0.15, 0.2) is 11.6 Å². The maximum absolute atomic E-state index is 13.3. The Morgan fingerprint density at radius 3 is 2.65 bits per heavy atom. The van der Waals surface area contributed by atoms with Crippen LogP contribution in [0.4, 0.5) is 8.78 Å². The number of hydrogen-bond donors (Lipinski definition) is 1. The number of rotatable bonds is 6. The van der Waals surface area contributed by atoms with Crippen molar-refractivity contribution in [3.8, 4) is 0 Å². The molecule has 1 aromatic rings. The second kappa shape index (κ2) is 7.16. The van der Waals surface area contributed by atoms with Crippen molar-refractivity contribution in [2.75, 3.05) is 6.54 Å². The second-order valence-corrected chi connectivity index (χ2v) is 6.19. The quantitative estimate of drug-likeness (QED) is 0.819. The van der Waals surface area contributed by atoms with E-state index in [-0.39, 0.29) is 0 Å². The molecule has 1 aromatic carbocycles. The molecule has 3 atom stereocenters. The molecule has 3 unspecified atom stereocenters. The third-order valence-electron chi connectivity index (χ3n) is 4.40. The third kappa shape index (κ3) is 4.02. The first-order valence-electron chi connectivity index (χ1n) is 7.77. The van der Waals surface area contributed by atoms with Crippen molar-refractivity contribution in [2.45, 2.75) is 52.0 Å². The van der Waals surface area contributed by atoms with E-state index >= 15 is 0 Å². The number of benzene rings is 1. The van der Waals surface area contributed by atoms with Crippen LogP contribution in [0.1, 0.15) is 45.1 Å². The Labute approximate surface area is 120 Å². The normalized spacial score (nSPS) is 24.0. The zero-order valence-corrected chi connectivity index (χ0v) is 12.5. The molecule has 112 valence electrons. The molecule has 0 amide bonds. The monoisotopic (exact) mass is 281 g/mol. The van der Waals surface area contributed by atoms with E-state index in [0.29, 0.717) is 12.0 Å². The summed E-state index contributed by atoms with van der Waals surface area (Å²) < 4.78 is 26.3. The van der Waals surface area contributed by atoms with Gasteiger partial charge in [-0.05, 0) is 61.8 Å². The van der Waals surface area contributed by atoms with Crippen molar-refractivity contribution in [1.82, 2.24) is 5.32 Å². The molecule has 0 spiro atoms. The van der Waals surface area contributed by atoms with Crippen LogP contribution in [0.2, 0.25) is 0 Å². The van der Waals surface area contributed by atoms with Gasteiger partial charge in [0.05, 0.1) is 0 Å². The van der Waals surface area contributed by atoms with E-state index in [4.69, 9.17) is 0 Å². The molecule has 1 nitrogen and oxygen atoms in total. The Morgan fingerprint density at radius 1 is 1.25 bits per heavy atom. The zero-order valence-electron chi connectivity index (χ0n) is 12.5. The van der Waals surface area contributed by atoms with Crippen molar-refractivity contribution >= 4 is 0 Å². The third-order valence-corrected chi connectivity index (χ3v) is 4.40. The summed E-state index contributed by atoms with van der Waals surface area (Å²) in [6.07, 6.45) is 5.65. The van der Waals surface area contributed by atoms with Crippen LogP contribution >= 0.6 is 0 Å². The number of halogens is 2. The summed E-state index contributed by atoms with van der Waals surface area (Å²) in [5, 5.41) is 3.60. The largest absolute Gasteiger partial charge is 0.313 e. The van der Waals surface area contributed by atoms with Gasteiger partial charge in [0.25, 0.3) is 0 Å². The molecule has 1 aliphatic rings. The highest BCUT2D eigenvalue weighted by molar-refractivity contribution is 5.19. The van der Waals surface area contributed by atoms with Crippen LogP contribution in [0, 0.1) is 23.5 Å².